The zero-order chi connectivity index (χ0) is 23.7. The van der Waals surface area contributed by atoms with Gasteiger partial charge >= 0.3 is 0 Å². The Morgan fingerprint density at radius 1 is 0.758 bits per heavy atom. The van der Waals surface area contributed by atoms with E-state index >= 15 is 0 Å². The molecule has 2 aromatic heterocycles. The molecule has 2 heterocycles. The van der Waals surface area contributed by atoms with Crippen LogP contribution in [0.5, 0.6) is 0 Å². The van der Waals surface area contributed by atoms with E-state index in [0.29, 0.717) is 11.8 Å². The van der Waals surface area contributed by atoms with E-state index in [1.165, 1.54) is 0 Å². The van der Waals surface area contributed by atoms with Gasteiger partial charge in [-0.3, -0.25) is 0 Å². The second-order valence-electron chi connectivity index (χ2n) is 9.47. The van der Waals surface area contributed by atoms with Gasteiger partial charge in [0.25, 0.3) is 0 Å². The largest absolute Gasteiger partial charge is 0.341 e. The van der Waals surface area contributed by atoms with Crippen LogP contribution < -0.4 is 11.5 Å². The molecule has 0 aliphatic carbocycles. The highest BCUT2D eigenvalue weighted by Crippen LogP contribution is 2.28. The maximum Gasteiger partial charge on any atom is 0.126 e. The highest BCUT2D eigenvalue weighted by Gasteiger charge is 2.18. The highest BCUT2D eigenvalue weighted by atomic mass is 15.1. The molecule has 0 aliphatic rings. The van der Waals surface area contributed by atoms with Gasteiger partial charge in [0.15, 0.2) is 0 Å². The number of nitrogens with two attached hydrogens (primary N) is 2. The summed E-state index contributed by atoms with van der Waals surface area (Å²) in [5.74, 6) is 2.41. The molecule has 0 saturated heterocycles. The Morgan fingerprint density at radius 3 is 1.82 bits per heavy atom. The molecular weight excluding hydrogens is 408 g/mol. The first-order valence-corrected chi connectivity index (χ1v) is 11.5. The SMILES string of the molecule is CC(C)[C@H](N)c1ncc(-c2ccc(-c3ccc(-c4cn(C)c([C@@H](N)C(C)C)n4)cc3)cc2)[nH]1. The van der Waals surface area contributed by atoms with Crippen LogP contribution in [0.25, 0.3) is 33.6 Å². The van der Waals surface area contributed by atoms with Crippen LogP contribution in [0.4, 0.5) is 0 Å². The Hall–Kier alpha value is -3.22. The van der Waals surface area contributed by atoms with Crippen LogP contribution in [0, 0.1) is 11.8 Å². The average molecular weight is 443 g/mol. The lowest BCUT2D eigenvalue weighted by atomic mass is 10.0. The third-order valence-corrected chi connectivity index (χ3v) is 6.27. The topological polar surface area (TPSA) is 98.5 Å². The first-order valence-electron chi connectivity index (χ1n) is 11.5. The molecule has 4 aromatic rings. The highest BCUT2D eigenvalue weighted by molar-refractivity contribution is 5.71. The van der Waals surface area contributed by atoms with Gasteiger partial charge in [-0.2, -0.15) is 0 Å². The quantitative estimate of drug-likeness (QED) is 0.354. The lowest BCUT2D eigenvalue weighted by Gasteiger charge is -2.14. The van der Waals surface area contributed by atoms with E-state index in [0.717, 1.165) is 45.3 Å². The molecule has 0 spiro atoms. The number of hydrogen-bond donors (Lipinski definition) is 3. The lowest BCUT2D eigenvalue weighted by Crippen LogP contribution is -2.20. The number of aromatic amines is 1. The van der Waals surface area contributed by atoms with Crippen molar-refractivity contribution < 1.29 is 0 Å². The molecular formula is C27H34N6. The molecule has 0 radical (unpaired) electrons. The Labute approximate surface area is 196 Å². The van der Waals surface area contributed by atoms with Gasteiger partial charge < -0.3 is 21.0 Å². The van der Waals surface area contributed by atoms with Crippen molar-refractivity contribution in [1.29, 1.82) is 0 Å². The standard InChI is InChI=1S/C27H34N6/c1-16(2)24(28)26-30-14-22(31-26)20-10-6-18(7-11-20)19-8-12-21(13-9-19)23-15-33(5)27(32-23)25(29)17(3)4/h6-17,24-25H,28-29H2,1-5H3,(H,30,31)/t24-,25-/m0/s1. The van der Waals surface area contributed by atoms with Gasteiger partial charge in [-0.25, -0.2) is 9.97 Å². The van der Waals surface area contributed by atoms with E-state index < -0.39 is 0 Å². The van der Waals surface area contributed by atoms with Crippen LogP contribution >= 0.6 is 0 Å². The summed E-state index contributed by atoms with van der Waals surface area (Å²) in [5.41, 5.74) is 19.0. The molecule has 6 heteroatoms. The third kappa shape index (κ3) is 4.77. The van der Waals surface area contributed by atoms with E-state index in [1.807, 2.05) is 24.0 Å². The minimum Gasteiger partial charge on any atom is -0.341 e. The number of nitrogens with one attached hydrogen (secondary N) is 1. The van der Waals surface area contributed by atoms with Crippen LogP contribution in [-0.2, 0) is 7.05 Å². The zero-order valence-electron chi connectivity index (χ0n) is 20.1. The third-order valence-electron chi connectivity index (χ3n) is 6.27. The Bertz CT molecular complexity index is 1200. The summed E-state index contributed by atoms with van der Waals surface area (Å²) in [7, 11) is 2.00. The minimum atomic E-state index is -0.0900. The van der Waals surface area contributed by atoms with Crippen molar-refractivity contribution in [3.8, 4) is 33.6 Å². The predicted octanol–water partition coefficient (Wildman–Crippen LogP) is 5.46. The molecule has 0 amide bonds. The minimum absolute atomic E-state index is 0.0754. The van der Waals surface area contributed by atoms with Gasteiger partial charge in [-0.1, -0.05) is 76.2 Å². The number of nitrogens with zero attached hydrogens (tertiary/aromatic N) is 3. The fourth-order valence-electron chi connectivity index (χ4n) is 3.87. The molecule has 5 N–H and O–H groups in total. The lowest BCUT2D eigenvalue weighted by molar-refractivity contribution is 0.478. The summed E-state index contributed by atoms with van der Waals surface area (Å²) in [6.45, 7) is 8.43. The number of H-pyrrole nitrogens is 1. The van der Waals surface area contributed by atoms with E-state index in [2.05, 4.69) is 86.2 Å². The molecule has 2 aromatic carbocycles. The van der Waals surface area contributed by atoms with Crippen LogP contribution in [0.1, 0.15) is 51.4 Å². The maximum atomic E-state index is 6.32. The smallest absolute Gasteiger partial charge is 0.126 e. The molecule has 0 fully saturated rings. The number of aryl methyl sites for hydroxylation is 1. The normalized spacial score (nSPS) is 13.6. The van der Waals surface area contributed by atoms with Crippen molar-refractivity contribution >= 4 is 0 Å². The van der Waals surface area contributed by atoms with Crippen molar-refractivity contribution in [3.63, 3.8) is 0 Å². The van der Waals surface area contributed by atoms with Crippen molar-refractivity contribution in [1.82, 2.24) is 19.5 Å². The summed E-state index contributed by atoms with van der Waals surface area (Å²) < 4.78 is 2.03. The number of rotatable bonds is 7. The molecule has 0 saturated carbocycles. The fraction of sp³-hybridized carbons (Fsp3) is 0.333. The van der Waals surface area contributed by atoms with Gasteiger partial charge in [-0.15, -0.1) is 0 Å². The number of hydrogen-bond acceptors (Lipinski definition) is 4. The number of aromatic nitrogens is 4. The summed E-state index contributed by atoms with van der Waals surface area (Å²) >= 11 is 0. The van der Waals surface area contributed by atoms with Crippen molar-refractivity contribution in [2.24, 2.45) is 30.4 Å². The van der Waals surface area contributed by atoms with Gasteiger partial charge in [0, 0.05) is 18.8 Å². The molecule has 0 aliphatic heterocycles. The number of imidazole rings is 2. The molecule has 6 nitrogen and oxygen atoms in total. The summed E-state index contributed by atoms with van der Waals surface area (Å²) in [4.78, 5) is 12.6. The summed E-state index contributed by atoms with van der Waals surface area (Å²) in [6.07, 6.45) is 3.90. The van der Waals surface area contributed by atoms with Crippen molar-refractivity contribution in [2.75, 3.05) is 0 Å². The van der Waals surface area contributed by atoms with Crippen molar-refractivity contribution in [2.45, 2.75) is 39.8 Å². The van der Waals surface area contributed by atoms with Gasteiger partial charge in [0.1, 0.15) is 11.6 Å². The molecule has 4 rings (SSSR count). The second-order valence-corrected chi connectivity index (χ2v) is 9.47. The van der Waals surface area contributed by atoms with Crippen LogP contribution in [0.15, 0.2) is 60.9 Å². The molecule has 33 heavy (non-hydrogen) atoms. The Balaban J connectivity index is 1.52. The Kier molecular flexibility index (Phi) is 6.49. The van der Waals surface area contributed by atoms with Crippen molar-refractivity contribution in [3.05, 3.63) is 72.6 Å². The van der Waals surface area contributed by atoms with Gasteiger partial charge in [-0.05, 0) is 28.5 Å². The summed E-state index contributed by atoms with van der Waals surface area (Å²) in [5, 5.41) is 0. The van der Waals surface area contributed by atoms with Gasteiger partial charge in [0.2, 0.25) is 0 Å². The average Bonchev–Trinajstić information content (AvgIpc) is 3.45. The first-order chi connectivity index (χ1) is 15.7. The predicted molar refractivity (Wildman–Crippen MR) is 135 cm³/mol. The van der Waals surface area contributed by atoms with Crippen LogP contribution in [-0.4, -0.2) is 19.5 Å². The van der Waals surface area contributed by atoms with Gasteiger partial charge in [0.05, 0.1) is 29.7 Å². The van der Waals surface area contributed by atoms with E-state index in [-0.39, 0.29) is 12.1 Å². The zero-order valence-corrected chi connectivity index (χ0v) is 20.1. The van der Waals surface area contributed by atoms with Crippen LogP contribution in [0.2, 0.25) is 0 Å². The molecule has 0 bridgehead atoms. The number of benzene rings is 2. The van der Waals surface area contributed by atoms with Crippen LogP contribution in [0.3, 0.4) is 0 Å². The molecule has 0 unspecified atom stereocenters. The first kappa shape index (κ1) is 23.0. The maximum absolute atomic E-state index is 6.32. The van der Waals surface area contributed by atoms with E-state index in [1.54, 1.807) is 0 Å². The summed E-state index contributed by atoms with van der Waals surface area (Å²) in [6, 6.07) is 16.8. The Morgan fingerprint density at radius 2 is 1.27 bits per heavy atom. The monoisotopic (exact) mass is 442 g/mol. The second kappa shape index (κ2) is 9.33. The fourth-order valence-corrected chi connectivity index (χ4v) is 3.87. The van der Waals surface area contributed by atoms with E-state index in [4.69, 9.17) is 16.5 Å². The molecule has 2 atom stereocenters. The molecule has 172 valence electrons. The van der Waals surface area contributed by atoms with E-state index in [9.17, 15) is 0 Å².